The molecule has 0 radical (unpaired) electrons. The van der Waals surface area contributed by atoms with Crippen molar-refractivity contribution in [3.63, 3.8) is 0 Å². The number of aromatic nitrogens is 3. The Morgan fingerprint density at radius 2 is 0.524 bits per heavy atom. The van der Waals surface area contributed by atoms with Gasteiger partial charge in [-0.2, -0.15) is 0 Å². The van der Waals surface area contributed by atoms with Crippen LogP contribution in [0.2, 0.25) is 0 Å². The number of aromatic amines is 3. The maximum atomic E-state index is 10.2. The molecule has 0 spiro atoms. The molecule has 0 aliphatic rings. The first-order valence-electron chi connectivity index (χ1n) is 18.4. The number of H-pyrrole nitrogens is 3. The summed E-state index contributed by atoms with van der Waals surface area (Å²) < 4.78 is 0. The summed E-state index contributed by atoms with van der Waals surface area (Å²) in [6, 6.07) is 0. The summed E-state index contributed by atoms with van der Waals surface area (Å²) >= 11 is 0. The Morgan fingerprint density at radius 1 is 0.333 bits per heavy atom. The van der Waals surface area contributed by atoms with Gasteiger partial charge in [-0.05, 0) is 0 Å². The minimum atomic E-state index is -1.04. The van der Waals surface area contributed by atoms with Crippen LogP contribution < -0.4 is 17.1 Å². The molecule has 0 aliphatic heterocycles. The third-order valence-corrected chi connectivity index (χ3v) is 14.6. The fraction of sp³-hybridized carbons (Fsp3) is 0.914. The van der Waals surface area contributed by atoms with Gasteiger partial charge < -0.3 is 0 Å². The van der Waals surface area contributed by atoms with Gasteiger partial charge in [-0.25, -0.2) is 14.4 Å². The fourth-order valence-electron chi connectivity index (χ4n) is 6.27. The summed E-state index contributed by atoms with van der Waals surface area (Å²) in [6.07, 6.45) is 42.3. The molecule has 0 amide bonds. The van der Waals surface area contributed by atoms with Gasteiger partial charge in [0.1, 0.15) is 0 Å². The monoisotopic (exact) mass is 614 g/mol. The first kappa shape index (κ1) is 40.8. The summed E-state index contributed by atoms with van der Waals surface area (Å²) in [5, 5.41) is 0. The molecule has 250 valence electrons. The van der Waals surface area contributed by atoms with Crippen LogP contribution in [0.4, 0.5) is 0 Å². The molecule has 1 aromatic rings. The Labute approximate surface area is 259 Å². The minimum Gasteiger partial charge on any atom is -0.259 e. The molecule has 6 nitrogen and oxygen atoms in total. The van der Waals surface area contributed by atoms with Crippen LogP contribution in [0, 0.1) is 0 Å². The van der Waals surface area contributed by atoms with Crippen molar-refractivity contribution in [1.29, 1.82) is 0 Å². The van der Waals surface area contributed by atoms with Gasteiger partial charge in [0.05, 0.1) is 0 Å². The topological polar surface area (TPSA) is 98.6 Å². The predicted molar refractivity (Wildman–Crippen MR) is 190 cm³/mol. The Balaban J connectivity index is 0.00000157. The number of hydrogen-bond acceptors (Lipinski definition) is 3. The number of nitrogens with one attached hydrogen (secondary N) is 3. The predicted octanol–water partition coefficient (Wildman–Crippen LogP) is 9.93. The van der Waals surface area contributed by atoms with E-state index in [1.165, 1.54) is 128 Å². The van der Waals surface area contributed by atoms with Crippen molar-refractivity contribution < 1.29 is 0 Å². The Kier molecular flexibility index (Phi) is 29.1. The van der Waals surface area contributed by atoms with Crippen molar-refractivity contribution in [2.75, 3.05) is 24.6 Å². The Bertz CT molecular complexity index is 754. The van der Waals surface area contributed by atoms with E-state index in [1.54, 1.807) is 65.3 Å². The average molecular weight is 614 g/mol. The van der Waals surface area contributed by atoms with E-state index in [4.69, 9.17) is 0 Å². The maximum Gasteiger partial charge on any atom is 0.330 e. The molecular weight excluding hydrogens is 541 g/mol. The third-order valence-electron chi connectivity index (χ3n) is 8.92. The zero-order valence-electron chi connectivity index (χ0n) is 28.5. The molecule has 0 aromatic carbocycles. The standard InChI is InChI=1S/C32H69P.C3H3N3O3/c1-5-9-13-17-18-19-20-21-22-23-24-28-32-33(29-25-14-10-6-2,30-26-15-11-7-3)31-27-16-12-8-4;7-1-4-2(8)6-3(9)5-1/h33H,5-32H2,1-4H3;(H3,4,5,6,7,8,9). The van der Waals surface area contributed by atoms with Crippen LogP contribution in [0.3, 0.4) is 0 Å². The van der Waals surface area contributed by atoms with Crippen LogP contribution in [-0.2, 0) is 0 Å². The molecule has 0 saturated heterocycles. The second-order valence-electron chi connectivity index (χ2n) is 12.9. The van der Waals surface area contributed by atoms with Crippen LogP contribution in [0.15, 0.2) is 14.4 Å². The average Bonchev–Trinajstić information content (AvgIpc) is 2.96. The number of rotatable bonds is 28. The summed E-state index contributed by atoms with van der Waals surface area (Å²) in [4.78, 5) is 35.9. The van der Waals surface area contributed by atoms with Crippen molar-refractivity contribution in [3.8, 4) is 0 Å². The number of hydrogen-bond donors (Lipinski definition) is 3. The van der Waals surface area contributed by atoms with Gasteiger partial charge in [0.2, 0.25) is 0 Å². The van der Waals surface area contributed by atoms with E-state index < -0.39 is 24.3 Å². The van der Waals surface area contributed by atoms with Crippen LogP contribution in [-0.4, -0.2) is 39.6 Å². The zero-order chi connectivity index (χ0) is 31.2. The fourth-order valence-corrected chi connectivity index (χ4v) is 11.8. The molecule has 7 heteroatoms. The molecular formula is C35H72N3O3P. The molecule has 0 bridgehead atoms. The molecule has 0 atom stereocenters. The Morgan fingerprint density at radius 3 is 0.762 bits per heavy atom. The van der Waals surface area contributed by atoms with E-state index >= 15 is 0 Å². The largest absolute Gasteiger partial charge is 0.330 e. The molecule has 1 rings (SSSR count). The number of unbranched alkanes of at least 4 members (excludes halogenated alkanes) is 20. The van der Waals surface area contributed by atoms with Gasteiger partial charge in [-0.1, -0.05) is 13.3 Å². The van der Waals surface area contributed by atoms with Crippen molar-refractivity contribution in [2.45, 2.75) is 182 Å². The smallest absolute Gasteiger partial charge is 0.259 e. The Hall–Kier alpha value is -1.16. The molecule has 1 aromatic heterocycles. The van der Waals surface area contributed by atoms with Crippen molar-refractivity contribution >= 4 is 7.26 Å². The van der Waals surface area contributed by atoms with E-state index in [0.717, 1.165) is 0 Å². The van der Waals surface area contributed by atoms with Gasteiger partial charge in [0.15, 0.2) is 0 Å². The second-order valence-corrected chi connectivity index (χ2v) is 17.9. The molecule has 0 aliphatic carbocycles. The van der Waals surface area contributed by atoms with Gasteiger partial charge >= 0.3 is 217 Å². The first-order valence-corrected chi connectivity index (χ1v) is 21.2. The minimum absolute atomic E-state index is 0.802. The zero-order valence-corrected chi connectivity index (χ0v) is 29.5. The molecule has 42 heavy (non-hydrogen) atoms. The van der Waals surface area contributed by atoms with Crippen molar-refractivity contribution in [2.24, 2.45) is 0 Å². The molecule has 3 N–H and O–H groups in total. The van der Waals surface area contributed by atoms with E-state index in [-0.39, 0.29) is 0 Å². The van der Waals surface area contributed by atoms with Gasteiger partial charge in [-0.3, -0.25) is 15.0 Å². The normalized spacial score (nSPS) is 11.8. The summed E-state index contributed by atoms with van der Waals surface area (Å²) in [6.45, 7) is 9.42. The molecule has 0 unspecified atom stereocenters. The van der Waals surface area contributed by atoms with E-state index in [0.29, 0.717) is 0 Å². The third kappa shape index (κ3) is 25.3. The van der Waals surface area contributed by atoms with E-state index in [9.17, 15) is 14.4 Å². The van der Waals surface area contributed by atoms with Gasteiger partial charge in [0.25, 0.3) is 0 Å². The first-order chi connectivity index (χ1) is 20.4. The van der Waals surface area contributed by atoms with Crippen LogP contribution >= 0.6 is 7.26 Å². The maximum absolute atomic E-state index is 10.2. The van der Waals surface area contributed by atoms with Gasteiger partial charge in [-0.15, -0.1) is 0 Å². The SMILES string of the molecule is CCCCCCCCCCCCCC[PH](CCCCCC)(CCCCCC)CCCCCC.O=c1[nH]c(=O)[nH]c(=O)[nH]1. The summed E-state index contributed by atoms with van der Waals surface area (Å²) in [5.41, 5.74) is -2.41. The van der Waals surface area contributed by atoms with Crippen LogP contribution in [0.25, 0.3) is 0 Å². The molecule has 0 saturated carbocycles. The van der Waals surface area contributed by atoms with Crippen molar-refractivity contribution in [3.05, 3.63) is 31.5 Å². The van der Waals surface area contributed by atoms with Crippen LogP contribution in [0.1, 0.15) is 182 Å². The molecule has 0 fully saturated rings. The van der Waals surface area contributed by atoms with E-state index in [1.807, 2.05) is 0 Å². The molecule has 1 heterocycles. The summed E-state index contributed by atoms with van der Waals surface area (Å²) in [7, 11) is -1.04. The quantitative estimate of drug-likeness (QED) is 0.0648. The van der Waals surface area contributed by atoms with Gasteiger partial charge in [0, 0.05) is 0 Å². The second kappa shape index (κ2) is 29.9. The summed E-state index contributed by atoms with van der Waals surface area (Å²) in [5.74, 6) is 0. The van der Waals surface area contributed by atoms with Crippen molar-refractivity contribution in [1.82, 2.24) is 15.0 Å². The van der Waals surface area contributed by atoms with E-state index in [2.05, 4.69) is 27.7 Å². The van der Waals surface area contributed by atoms with Crippen LogP contribution in [0.5, 0.6) is 0 Å².